The summed E-state index contributed by atoms with van der Waals surface area (Å²) in [6, 6.07) is 1.95. The summed E-state index contributed by atoms with van der Waals surface area (Å²) in [5.41, 5.74) is 0.896. The number of pyridine rings is 1. The molecule has 0 atom stereocenters. The minimum absolute atomic E-state index is 0.529. The van der Waals surface area contributed by atoms with Gasteiger partial charge in [-0.15, -0.1) is 0 Å². The molecule has 1 aromatic heterocycles. The Hall–Kier alpha value is 0.0700. The van der Waals surface area contributed by atoms with Crippen LogP contribution in [0.4, 0.5) is 5.69 Å². The molecule has 84 valence electrons. The van der Waals surface area contributed by atoms with Crippen LogP contribution < -0.4 is 5.32 Å². The fourth-order valence-electron chi connectivity index (χ4n) is 1.09. The van der Waals surface area contributed by atoms with Gasteiger partial charge in [0.15, 0.2) is 5.15 Å². The third-order valence-electron chi connectivity index (χ3n) is 1.79. The first-order valence-electron chi connectivity index (χ1n) is 4.86. The summed E-state index contributed by atoms with van der Waals surface area (Å²) < 4.78 is 0.942. The molecule has 0 saturated carbocycles. The predicted molar refractivity (Wildman–Crippen MR) is 73.1 cm³/mol. The minimum atomic E-state index is 0.529. The third kappa shape index (κ3) is 5.09. The van der Waals surface area contributed by atoms with Gasteiger partial charge in [-0.2, -0.15) is 11.8 Å². The lowest BCUT2D eigenvalue weighted by Crippen LogP contribution is -2.03. The topological polar surface area (TPSA) is 24.9 Å². The monoisotopic (exact) mass is 308 g/mol. The summed E-state index contributed by atoms with van der Waals surface area (Å²) in [7, 11) is 0. The second-order valence-electron chi connectivity index (χ2n) is 2.97. The second-order valence-corrected chi connectivity index (χ2v) is 5.64. The molecule has 0 unspecified atom stereocenters. The van der Waals surface area contributed by atoms with Crippen molar-refractivity contribution in [2.45, 2.75) is 13.3 Å². The zero-order valence-electron chi connectivity index (χ0n) is 8.59. The van der Waals surface area contributed by atoms with Gasteiger partial charge >= 0.3 is 0 Å². The van der Waals surface area contributed by atoms with Gasteiger partial charge < -0.3 is 5.32 Å². The van der Waals surface area contributed by atoms with Gasteiger partial charge in [-0.3, -0.25) is 0 Å². The normalized spacial score (nSPS) is 10.3. The van der Waals surface area contributed by atoms with Crippen LogP contribution in [0.25, 0.3) is 0 Å². The first kappa shape index (κ1) is 13.1. The van der Waals surface area contributed by atoms with Crippen molar-refractivity contribution < 1.29 is 0 Å². The first-order valence-corrected chi connectivity index (χ1v) is 7.19. The Morgan fingerprint density at radius 2 is 2.40 bits per heavy atom. The van der Waals surface area contributed by atoms with E-state index in [9.17, 15) is 0 Å². The molecular weight excluding hydrogens is 296 g/mol. The number of thioether (sulfide) groups is 1. The van der Waals surface area contributed by atoms with Crippen molar-refractivity contribution in [3.63, 3.8) is 0 Å². The van der Waals surface area contributed by atoms with Crippen molar-refractivity contribution in [2.24, 2.45) is 0 Å². The van der Waals surface area contributed by atoms with Crippen molar-refractivity contribution in [3.05, 3.63) is 21.9 Å². The summed E-state index contributed by atoms with van der Waals surface area (Å²) in [4.78, 5) is 4.04. The van der Waals surface area contributed by atoms with Gasteiger partial charge in [0.2, 0.25) is 0 Å². The average Bonchev–Trinajstić information content (AvgIpc) is 2.23. The highest BCUT2D eigenvalue weighted by atomic mass is 79.9. The molecule has 0 amide bonds. The van der Waals surface area contributed by atoms with Crippen LogP contribution in [0.5, 0.6) is 0 Å². The van der Waals surface area contributed by atoms with Crippen molar-refractivity contribution in [3.8, 4) is 0 Å². The number of rotatable bonds is 6. The maximum Gasteiger partial charge on any atom is 0.152 e. The molecule has 2 nitrogen and oxygen atoms in total. The van der Waals surface area contributed by atoms with E-state index in [4.69, 9.17) is 11.6 Å². The maximum atomic E-state index is 5.94. The Kier molecular flexibility index (Phi) is 6.45. The smallest absolute Gasteiger partial charge is 0.152 e. The second kappa shape index (κ2) is 7.36. The predicted octanol–water partition coefficient (Wildman–Crippen LogP) is 4.05. The van der Waals surface area contributed by atoms with Crippen molar-refractivity contribution in [2.75, 3.05) is 23.4 Å². The maximum absolute atomic E-state index is 5.94. The molecule has 1 rings (SSSR count). The van der Waals surface area contributed by atoms with Gasteiger partial charge in [0.1, 0.15) is 0 Å². The Morgan fingerprint density at radius 3 is 3.13 bits per heavy atom. The van der Waals surface area contributed by atoms with Crippen LogP contribution in [-0.2, 0) is 0 Å². The molecule has 0 aromatic carbocycles. The molecule has 0 fully saturated rings. The molecule has 0 bridgehead atoms. The van der Waals surface area contributed by atoms with Crippen LogP contribution in [0.1, 0.15) is 13.3 Å². The van der Waals surface area contributed by atoms with E-state index in [1.807, 2.05) is 17.8 Å². The van der Waals surface area contributed by atoms with Gasteiger partial charge in [-0.25, -0.2) is 4.98 Å². The van der Waals surface area contributed by atoms with Crippen LogP contribution in [0.3, 0.4) is 0 Å². The SMILES string of the molecule is CCSCCCNc1cc(Br)cnc1Cl. The van der Waals surface area contributed by atoms with Gasteiger partial charge in [-0.1, -0.05) is 18.5 Å². The molecule has 5 heteroatoms. The lowest BCUT2D eigenvalue weighted by molar-refractivity contribution is 0.989. The number of hydrogen-bond donors (Lipinski definition) is 1. The number of nitrogens with zero attached hydrogens (tertiary/aromatic N) is 1. The summed E-state index contributed by atoms with van der Waals surface area (Å²) >= 11 is 11.3. The Balaban J connectivity index is 2.33. The number of hydrogen-bond acceptors (Lipinski definition) is 3. The highest BCUT2D eigenvalue weighted by molar-refractivity contribution is 9.10. The number of nitrogens with one attached hydrogen (secondary N) is 1. The van der Waals surface area contributed by atoms with Crippen LogP contribution in [0, 0.1) is 0 Å². The molecule has 0 aliphatic rings. The van der Waals surface area contributed by atoms with E-state index in [1.54, 1.807) is 6.20 Å². The van der Waals surface area contributed by atoms with E-state index in [1.165, 1.54) is 11.5 Å². The molecule has 1 aromatic rings. The van der Waals surface area contributed by atoms with Crippen LogP contribution in [0.2, 0.25) is 5.15 Å². The molecule has 15 heavy (non-hydrogen) atoms. The third-order valence-corrected chi connectivity index (χ3v) is 3.51. The zero-order chi connectivity index (χ0) is 11.1. The minimum Gasteiger partial charge on any atom is -0.382 e. The number of aromatic nitrogens is 1. The van der Waals surface area contributed by atoms with Crippen LogP contribution in [-0.4, -0.2) is 23.0 Å². The summed E-state index contributed by atoms with van der Waals surface area (Å²) in [5, 5.41) is 3.80. The van der Waals surface area contributed by atoms with Gasteiger partial charge in [0, 0.05) is 17.2 Å². The molecule has 0 spiro atoms. The number of anilines is 1. The highest BCUT2D eigenvalue weighted by Gasteiger charge is 2.01. The van der Waals surface area contributed by atoms with Crippen LogP contribution in [0.15, 0.2) is 16.7 Å². The van der Waals surface area contributed by atoms with E-state index in [2.05, 4.69) is 33.2 Å². The van der Waals surface area contributed by atoms with Crippen molar-refractivity contribution in [1.29, 1.82) is 0 Å². The lowest BCUT2D eigenvalue weighted by Gasteiger charge is -2.07. The molecule has 1 heterocycles. The number of halogens is 2. The molecule has 0 aliphatic heterocycles. The fraction of sp³-hybridized carbons (Fsp3) is 0.500. The Morgan fingerprint density at radius 1 is 1.60 bits per heavy atom. The summed E-state index contributed by atoms with van der Waals surface area (Å²) in [6.45, 7) is 3.11. The van der Waals surface area contributed by atoms with E-state index >= 15 is 0 Å². The lowest BCUT2D eigenvalue weighted by atomic mass is 10.4. The molecule has 1 N–H and O–H groups in total. The largest absolute Gasteiger partial charge is 0.382 e. The molecular formula is C10H14BrClN2S. The zero-order valence-corrected chi connectivity index (χ0v) is 11.8. The highest BCUT2D eigenvalue weighted by Crippen LogP contribution is 2.22. The standard InChI is InChI=1S/C10H14BrClN2S/c1-2-15-5-3-4-13-9-6-8(11)7-14-10(9)12/h6-7,13H,2-5H2,1H3. The van der Waals surface area contributed by atoms with E-state index in [0.717, 1.165) is 23.1 Å². The fourth-order valence-corrected chi connectivity index (χ4v) is 2.23. The van der Waals surface area contributed by atoms with Crippen molar-refractivity contribution in [1.82, 2.24) is 4.98 Å². The van der Waals surface area contributed by atoms with E-state index < -0.39 is 0 Å². The molecule has 0 saturated heterocycles. The quantitative estimate of drug-likeness (QED) is 0.634. The van der Waals surface area contributed by atoms with Crippen LogP contribution >= 0.6 is 39.3 Å². The first-order chi connectivity index (χ1) is 7.24. The molecule has 0 aliphatic carbocycles. The summed E-state index contributed by atoms with van der Waals surface area (Å²) in [5.74, 6) is 2.36. The average molecular weight is 310 g/mol. The van der Waals surface area contributed by atoms with Crippen molar-refractivity contribution >= 4 is 45.0 Å². The van der Waals surface area contributed by atoms with E-state index in [-0.39, 0.29) is 0 Å². The van der Waals surface area contributed by atoms with Gasteiger partial charge in [0.25, 0.3) is 0 Å². The molecule has 0 radical (unpaired) electrons. The van der Waals surface area contributed by atoms with Gasteiger partial charge in [-0.05, 0) is 39.9 Å². The Bertz CT molecular complexity index is 309. The Labute approximate surface area is 108 Å². The van der Waals surface area contributed by atoms with Gasteiger partial charge in [0.05, 0.1) is 5.69 Å². The summed E-state index contributed by atoms with van der Waals surface area (Å²) in [6.07, 6.45) is 2.84. The van der Waals surface area contributed by atoms with E-state index in [0.29, 0.717) is 5.15 Å².